The summed E-state index contributed by atoms with van der Waals surface area (Å²) >= 11 is 0. The number of carbonyl (C=O) groups excluding carboxylic acids is 1. The predicted octanol–water partition coefficient (Wildman–Crippen LogP) is 3.31. The van der Waals surface area contributed by atoms with Crippen molar-refractivity contribution < 1.29 is 9.00 Å². The number of rotatable bonds is 3. The van der Waals surface area contributed by atoms with Gasteiger partial charge in [-0.1, -0.05) is 19.3 Å². The first-order valence-electron chi connectivity index (χ1n) is 8.60. The lowest BCUT2D eigenvalue weighted by atomic mass is 9.87. The molecule has 1 unspecified atom stereocenters. The Morgan fingerprint density at radius 3 is 2.61 bits per heavy atom. The van der Waals surface area contributed by atoms with Crippen molar-refractivity contribution in [3.8, 4) is 0 Å². The van der Waals surface area contributed by atoms with Gasteiger partial charge in [0.1, 0.15) is 5.82 Å². The van der Waals surface area contributed by atoms with Crippen LogP contribution < -0.4 is 5.32 Å². The summed E-state index contributed by atoms with van der Waals surface area (Å²) in [7, 11) is -0.882. The van der Waals surface area contributed by atoms with Crippen molar-refractivity contribution in [2.75, 3.05) is 5.32 Å². The van der Waals surface area contributed by atoms with E-state index in [4.69, 9.17) is 0 Å². The minimum Gasteiger partial charge on any atom is -0.311 e. The molecule has 1 aliphatic heterocycles. The first kappa shape index (κ1) is 16.7. The second-order valence-electron chi connectivity index (χ2n) is 7.84. The summed E-state index contributed by atoms with van der Waals surface area (Å²) in [6, 6.07) is 0. The molecule has 1 N–H and O–H groups in total. The van der Waals surface area contributed by atoms with Gasteiger partial charge < -0.3 is 5.32 Å². The summed E-state index contributed by atoms with van der Waals surface area (Å²) in [6.45, 7) is 6.22. The van der Waals surface area contributed by atoms with Gasteiger partial charge in [0.05, 0.1) is 22.7 Å². The Morgan fingerprint density at radius 1 is 1.26 bits per heavy atom. The normalized spacial score (nSPS) is 22.1. The number of hydrogen-bond donors (Lipinski definition) is 1. The summed E-state index contributed by atoms with van der Waals surface area (Å²) in [5.41, 5.74) is 1.64. The predicted molar refractivity (Wildman–Crippen MR) is 92.6 cm³/mol. The van der Waals surface area contributed by atoms with Gasteiger partial charge in [-0.2, -0.15) is 5.10 Å². The SMILES string of the molecule is CC(C)(C)n1nc2c(c1NC(=O)CC1CCCCC1)CS(=O)C2. The van der Waals surface area contributed by atoms with E-state index in [1.54, 1.807) is 0 Å². The number of nitrogens with zero attached hydrogens (tertiary/aromatic N) is 2. The Labute approximate surface area is 140 Å². The van der Waals surface area contributed by atoms with E-state index in [0.717, 1.165) is 29.9 Å². The van der Waals surface area contributed by atoms with Crippen LogP contribution in [0.3, 0.4) is 0 Å². The van der Waals surface area contributed by atoms with Crippen LogP contribution in [0.1, 0.15) is 70.6 Å². The minimum absolute atomic E-state index is 0.0720. The summed E-state index contributed by atoms with van der Waals surface area (Å²) in [5.74, 6) is 2.35. The van der Waals surface area contributed by atoms with Crippen molar-refractivity contribution in [3.63, 3.8) is 0 Å². The molecule has 2 aliphatic rings. The summed E-state index contributed by atoms with van der Waals surface area (Å²) in [5, 5.41) is 7.71. The highest BCUT2D eigenvalue weighted by atomic mass is 32.2. The van der Waals surface area contributed by atoms with Crippen LogP contribution in [0, 0.1) is 5.92 Å². The molecule has 0 saturated heterocycles. The Balaban J connectivity index is 1.78. The monoisotopic (exact) mass is 337 g/mol. The van der Waals surface area contributed by atoms with Gasteiger partial charge in [0.25, 0.3) is 0 Å². The fourth-order valence-electron chi connectivity index (χ4n) is 3.58. The zero-order chi connectivity index (χ0) is 16.6. The lowest BCUT2D eigenvalue weighted by Gasteiger charge is -2.24. The molecule has 1 amide bonds. The van der Waals surface area contributed by atoms with Crippen LogP contribution in [0.2, 0.25) is 0 Å². The van der Waals surface area contributed by atoms with E-state index in [0.29, 0.717) is 23.8 Å². The van der Waals surface area contributed by atoms with Gasteiger partial charge in [0.15, 0.2) is 0 Å². The number of hydrogen-bond acceptors (Lipinski definition) is 3. The number of fused-ring (bicyclic) bond motifs is 1. The van der Waals surface area contributed by atoms with E-state index in [1.165, 1.54) is 19.3 Å². The van der Waals surface area contributed by atoms with Crippen molar-refractivity contribution >= 4 is 22.5 Å². The smallest absolute Gasteiger partial charge is 0.225 e. The van der Waals surface area contributed by atoms with E-state index in [2.05, 4.69) is 31.2 Å². The highest BCUT2D eigenvalue weighted by Crippen LogP contribution is 2.33. The van der Waals surface area contributed by atoms with Crippen LogP contribution >= 0.6 is 0 Å². The molecule has 3 rings (SSSR count). The number of amides is 1. The van der Waals surface area contributed by atoms with Crippen LogP contribution in [0.5, 0.6) is 0 Å². The molecule has 1 atom stereocenters. The van der Waals surface area contributed by atoms with Gasteiger partial charge in [-0.25, -0.2) is 4.68 Å². The summed E-state index contributed by atoms with van der Waals surface area (Å²) < 4.78 is 13.7. The third-order valence-electron chi connectivity index (χ3n) is 4.76. The maximum absolute atomic E-state index is 12.5. The van der Waals surface area contributed by atoms with E-state index in [1.807, 2.05) is 4.68 Å². The topological polar surface area (TPSA) is 64.0 Å². The average Bonchev–Trinajstić information content (AvgIpc) is 2.97. The third kappa shape index (κ3) is 3.67. The number of carbonyl (C=O) groups is 1. The average molecular weight is 337 g/mol. The first-order valence-corrected chi connectivity index (χ1v) is 10.1. The number of nitrogens with one attached hydrogen (secondary N) is 1. The molecule has 0 radical (unpaired) electrons. The zero-order valence-electron chi connectivity index (χ0n) is 14.4. The van der Waals surface area contributed by atoms with Gasteiger partial charge in [-0.05, 0) is 39.5 Å². The molecule has 23 heavy (non-hydrogen) atoms. The van der Waals surface area contributed by atoms with Crippen molar-refractivity contribution in [2.45, 2.75) is 76.3 Å². The molecule has 1 fully saturated rings. The van der Waals surface area contributed by atoms with Gasteiger partial charge in [-0.3, -0.25) is 9.00 Å². The molecule has 0 spiro atoms. The second-order valence-corrected chi connectivity index (χ2v) is 9.30. The maximum Gasteiger partial charge on any atom is 0.225 e. The number of anilines is 1. The molecule has 1 aliphatic carbocycles. The highest BCUT2D eigenvalue weighted by molar-refractivity contribution is 7.83. The fourth-order valence-corrected chi connectivity index (χ4v) is 4.84. The Hall–Kier alpha value is -1.17. The van der Waals surface area contributed by atoms with Gasteiger partial charge in [0, 0.05) is 22.8 Å². The van der Waals surface area contributed by atoms with Crippen LogP contribution in [0.25, 0.3) is 0 Å². The maximum atomic E-state index is 12.5. The summed E-state index contributed by atoms with van der Waals surface area (Å²) in [6.07, 6.45) is 6.70. The molecule has 1 aromatic rings. The molecule has 1 aromatic heterocycles. The van der Waals surface area contributed by atoms with Crippen LogP contribution in [0.15, 0.2) is 0 Å². The first-order chi connectivity index (χ1) is 10.8. The van der Waals surface area contributed by atoms with Crippen molar-refractivity contribution in [1.82, 2.24) is 9.78 Å². The third-order valence-corrected chi connectivity index (χ3v) is 5.97. The molecule has 128 valence electrons. The van der Waals surface area contributed by atoms with Gasteiger partial charge in [-0.15, -0.1) is 0 Å². The Kier molecular flexibility index (Phi) is 4.63. The van der Waals surface area contributed by atoms with Gasteiger partial charge in [0.2, 0.25) is 5.91 Å². The van der Waals surface area contributed by atoms with Crippen molar-refractivity contribution in [1.29, 1.82) is 0 Å². The standard InChI is InChI=1S/C17H27N3O2S/c1-17(2,3)20-16(13-10-23(22)11-14(13)19-20)18-15(21)9-12-7-5-4-6-8-12/h12H,4-11H2,1-3H3,(H,18,21). The zero-order valence-corrected chi connectivity index (χ0v) is 15.2. The van der Waals surface area contributed by atoms with Gasteiger partial charge >= 0.3 is 0 Å². The largest absolute Gasteiger partial charge is 0.311 e. The number of aromatic nitrogens is 2. The van der Waals surface area contributed by atoms with Crippen LogP contribution in [0.4, 0.5) is 5.82 Å². The molecule has 0 aromatic carbocycles. The molecule has 6 heteroatoms. The molecular formula is C17H27N3O2S. The van der Waals surface area contributed by atoms with E-state index < -0.39 is 10.8 Å². The van der Waals surface area contributed by atoms with Crippen molar-refractivity contribution in [2.24, 2.45) is 5.92 Å². The summed E-state index contributed by atoms with van der Waals surface area (Å²) in [4.78, 5) is 12.5. The van der Waals surface area contributed by atoms with Crippen molar-refractivity contribution in [3.05, 3.63) is 11.3 Å². The Morgan fingerprint density at radius 2 is 1.96 bits per heavy atom. The molecule has 2 heterocycles. The minimum atomic E-state index is -0.882. The van der Waals surface area contributed by atoms with E-state index >= 15 is 0 Å². The molecular weight excluding hydrogens is 310 g/mol. The lowest BCUT2D eigenvalue weighted by Crippen LogP contribution is -2.28. The lowest BCUT2D eigenvalue weighted by molar-refractivity contribution is -0.117. The van der Waals surface area contributed by atoms with Crippen LogP contribution in [-0.2, 0) is 32.6 Å². The quantitative estimate of drug-likeness (QED) is 0.920. The highest BCUT2D eigenvalue weighted by Gasteiger charge is 2.31. The van der Waals surface area contributed by atoms with Crippen LogP contribution in [-0.4, -0.2) is 19.9 Å². The Bertz CT molecular complexity index is 625. The van der Waals surface area contributed by atoms with E-state index in [-0.39, 0.29) is 11.4 Å². The van der Waals surface area contributed by atoms with E-state index in [9.17, 15) is 9.00 Å². The molecule has 0 bridgehead atoms. The second kappa shape index (κ2) is 6.38. The molecule has 5 nitrogen and oxygen atoms in total. The molecule has 1 saturated carbocycles. The fraction of sp³-hybridized carbons (Fsp3) is 0.765.